The Hall–Kier alpha value is -5.27. The maximum atomic E-state index is 13.0. The summed E-state index contributed by atoms with van der Waals surface area (Å²) in [6.45, 7) is 2.57. The molecule has 204 valence electrons. The van der Waals surface area contributed by atoms with Gasteiger partial charge in [0, 0.05) is 47.9 Å². The lowest BCUT2D eigenvalue weighted by atomic mass is 10.0. The van der Waals surface area contributed by atoms with Crippen molar-refractivity contribution in [2.45, 2.75) is 25.4 Å². The van der Waals surface area contributed by atoms with Crippen molar-refractivity contribution in [2.24, 2.45) is 0 Å². The summed E-state index contributed by atoms with van der Waals surface area (Å²) >= 11 is 0. The van der Waals surface area contributed by atoms with E-state index >= 15 is 0 Å². The maximum Gasteiger partial charge on any atom is 0.287 e. The molecule has 3 N–H and O–H groups in total. The molecule has 0 radical (unpaired) electrons. The number of fused-ring (bicyclic) bond motifs is 1. The number of nitrogens with zero attached hydrogens (tertiary/aromatic N) is 4. The number of carbonyl (C=O) groups is 2. The number of amides is 2. The van der Waals surface area contributed by atoms with Crippen LogP contribution in [-0.2, 0) is 6.54 Å². The third-order valence-electron chi connectivity index (χ3n) is 7.25. The summed E-state index contributed by atoms with van der Waals surface area (Å²) in [5.74, 6) is 0.378. The van der Waals surface area contributed by atoms with E-state index in [4.69, 9.17) is 9.68 Å². The topological polar surface area (TPSA) is 140 Å². The first kappa shape index (κ1) is 26.0. The third kappa shape index (κ3) is 6.00. The quantitative estimate of drug-likeness (QED) is 0.268. The van der Waals surface area contributed by atoms with Crippen molar-refractivity contribution < 1.29 is 14.0 Å². The Bertz CT molecular complexity index is 1710. The summed E-state index contributed by atoms with van der Waals surface area (Å²) in [7, 11) is 0. The molecule has 10 nitrogen and oxygen atoms in total. The summed E-state index contributed by atoms with van der Waals surface area (Å²) in [5.41, 5.74) is 4.34. The van der Waals surface area contributed by atoms with Crippen molar-refractivity contribution in [3.05, 3.63) is 102 Å². The molecule has 6 rings (SSSR count). The Morgan fingerprint density at radius 3 is 2.49 bits per heavy atom. The predicted molar refractivity (Wildman–Crippen MR) is 153 cm³/mol. The summed E-state index contributed by atoms with van der Waals surface area (Å²) < 4.78 is 5.81. The molecule has 3 heterocycles. The lowest BCUT2D eigenvalue weighted by Crippen LogP contribution is -2.44. The van der Waals surface area contributed by atoms with E-state index in [9.17, 15) is 9.59 Å². The fourth-order valence-electron chi connectivity index (χ4n) is 5.00. The molecule has 3 aromatic carbocycles. The number of carbonyl (C=O) groups excluding carboxylic acids is 2. The molecular formula is C31H27N7O3. The van der Waals surface area contributed by atoms with Crippen molar-refractivity contribution in [1.29, 1.82) is 5.26 Å². The number of H-pyrrole nitrogens is 1. The number of hydrogen-bond acceptors (Lipinski definition) is 7. The van der Waals surface area contributed by atoms with Crippen LogP contribution in [0.25, 0.3) is 22.4 Å². The van der Waals surface area contributed by atoms with Gasteiger partial charge in [0.15, 0.2) is 11.6 Å². The van der Waals surface area contributed by atoms with Gasteiger partial charge in [0.1, 0.15) is 11.9 Å². The number of anilines is 1. The van der Waals surface area contributed by atoms with E-state index < -0.39 is 0 Å². The minimum absolute atomic E-state index is 0.0678. The van der Waals surface area contributed by atoms with Crippen LogP contribution in [0, 0.1) is 11.3 Å². The highest BCUT2D eigenvalue weighted by molar-refractivity contribution is 6.05. The first-order chi connectivity index (χ1) is 20.0. The average molecular weight is 546 g/mol. The fourth-order valence-corrected chi connectivity index (χ4v) is 5.00. The number of rotatable bonds is 7. The van der Waals surface area contributed by atoms with Crippen LogP contribution < -0.4 is 10.6 Å². The van der Waals surface area contributed by atoms with Crippen LogP contribution in [0.15, 0.2) is 83.5 Å². The van der Waals surface area contributed by atoms with Crippen molar-refractivity contribution in [2.75, 3.05) is 18.4 Å². The molecule has 1 aliphatic heterocycles. The summed E-state index contributed by atoms with van der Waals surface area (Å²) in [6, 6.07) is 23.9. The van der Waals surface area contributed by atoms with Gasteiger partial charge in [-0.15, -0.1) is 0 Å². The zero-order valence-corrected chi connectivity index (χ0v) is 22.1. The zero-order valence-electron chi connectivity index (χ0n) is 22.1. The van der Waals surface area contributed by atoms with Crippen LogP contribution in [-0.4, -0.2) is 51.0 Å². The predicted octanol–water partition coefficient (Wildman–Crippen LogP) is 4.74. The zero-order chi connectivity index (χ0) is 28.2. The van der Waals surface area contributed by atoms with Crippen molar-refractivity contribution >= 4 is 28.5 Å². The molecule has 0 spiro atoms. The number of likely N-dealkylation sites (tertiary alicyclic amines) is 1. The number of furan rings is 1. The molecule has 1 aliphatic rings. The Balaban J connectivity index is 1.03. The normalized spacial score (nSPS) is 14.0. The van der Waals surface area contributed by atoms with E-state index in [2.05, 4.69) is 36.8 Å². The molecule has 0 bridgehead atoms. The van der Waals surface area contributed by atoms with Gasteiger partial charge in [-0.3, -0.25) is 19.6 Å². The number of benzene rings is 3. The molecule has 41 heavy (non-hydrogen) atoms. The van der Waals surface area contributed by atoms with E-state index in [0.29, 0.717) is 28.2 Å². The van der Waals surface area contributed by atoms with Crippen LogP contribution in [0.5, 0.6) is 0 Å². The Labute approximate surface area is 236 Å². The molecule has 1 saturated heterocycles. The summed E-state index contributed by atoms with van der Waals surface area (Å²) in [5, 5.41) is 22.3. The fraction of sp³-hybridized carbons (Fsp3) is 0.194. The molecular weight excluding hydrogens is 518 g/mol. The monoisotopic (exact) mass is 545 g/mol. The van der Waals surface area contributed by atoms with Gasteiger partial charge >= 0.3 is 0 Å². The van der Waals surface area contributed by atoms with Gasteiger partial charge in [0.2, 0.25) is 0 Å². The van der Waals surface area contributed by atoms with Gasteiger partial charge in [0.05, 0.1) is 11.6 Å². The van der Waals surface area contributed by atoms with Crippen LogP contribution in [0.1, 0.15) is 44.9 Å². The van der Waals surface area contributed by atoms with E-state index in [-0.39, 0.29) is 23.6 Å². The van der Waals surface area contributed by atoms with Crippen molar-refractivity contribution in [3.63, 3.8) is 0 Å². The minimum Gasteiger partial charge on any atom is -0.451 e. The molecule has 0 atom stereocenters. The van der Waals surface area contributed by atoms with Gasteiger partial charge in [-0.05, 0) is 66.9 Å². The maximum absolute atomic E-state index is 13.0. The SMILES string of the molecule is N#Cc1ccc(CN2CCC(NC(=O)c3cc4cc(NC(=O)c5ccc(-c6ncn[nH]6)cc5)ccc4o3)CC2)cc1. The van der Waals surface area contributed by atoms with Gasteiger partial charge in [-0.2, -0.15) is 10.4 Å². The average Bonchev–Trinajstić information content (AvgIpc) is 3.69. The first-order valence-corrected chi connectivity index (χ1v) is 13.4. The molecule has 5 aromatic rings. The highest BCUT2D eigenvalue weighted by atomic mass is 16.3. The second-order valence-corrected chi connectivity index (χ2v) is 10.1. The molecule has 0 aliphatic carbocycles. The first-order valence-electron chi connectivity index (χ1n) is 13.4. The van der Waals surface area contributed by atoms with E-state index in [1.807, 2.05) is 24.3 Å². The second kappa shape index (κ2) is 11.5. The summed E-state index contributed by atoms with van der Waals surface area (Å²) in [4.78, 5) is 32.2. The standard InChI is InChI=1S/C31H27N7O3/c32-17-20-1-3-21(4-2-20)18-38-13-11-25(12-14-38)35-31(40)28-16-24-15-26(9-10-27(24)41-28)36-30(39)23-7-5-22(6-8-23)29-33-19-34-37-29/h1-10,15-16,19,25H,11-14,18H2,(H,35,40)(H,36,39)(H,33,34,37). The number of aromatic amines is 1. The van der Waals surface area contributed by atoms with Crippen molar-refractivity contribution in [1.82, 2.24) is 25.4 Å². The molecule has 0 unspecified atom stereocenters. The number of nitriles is 1. The van der Waals surface area contributed by atoms with E-state index in [1.165, 1.54) is 11.9 Å². The smallest absolute Gasteiger partial charge is 0.287 e. The molecule has 2 amide bonds. The molecule has 2 aromatic heterocycles. The Morgan fingerprint density at radius 1 is 1.00 bits per heavy atom. The number of piperidine rings is 1. The number of hydrogen-bond donors (Lipinski definition) is 3. The lowest BCUT2D eigenvalue weighted by Gasteiger charge is -2.32. The Kier molecular flexibility index (Phi) is 7.26. The van der Waals surface area contributed by atoms with Crippen LogP contribution in [0.4, 0.5) is 5.69 Å². The van der Waals surface area contributed by atoms with Crippen LogP contribution in [0.2, 0.25) is 0 Å². The second-order valence-electron chi connectivity index (χ2n) is 10.1. The Morgan fingerprint density at radius 2 is 1.78 bits per heavy atom. The lowest BCUT2D eigenvalue weighted by molar-refractivity contribution is 0.0883. The van der Waals surface area contributed by atoms with Gasteiger partial charge in [-0.25, -0.2) is 4.98 Å². The largest absolute Gasteiger partial charge is 0.451 e. The van der Waals surface area contributed by atoms with Gasteiger partial charge in [-0.1, -0.05) is 24.3 Å². The highest BCUT2D eigenvalue weighted by Gasteiger charge is 2.23. The molecule has 0 saturated carbocycles. The number of aromatic nitrogens is 3. The molecule has 10 heteroatoms. The van der Waals surface area contributed by atoms with E-state index in [0.717, 1.165) is 43.4 Å². The highest BCUT2D eigenvalue weighted by Crippen LogP contribution is 2.24. The number of nitrogens with one attached hydrogen (secondary N) is 3. The summed E-state index contributed by atoms with van der Waals surface area (Å²) in [6.07, 6.45) is 3.12. The minimum atomic E-state index is -0.250. The van der Waals surface area contributed by atoms with Crippen LogP contribution in [0.3, 0.4) is 0 Å². The van der Waals surface area contributed by atoms with Crippen molar-refractivity contribution in [3.8, 4) is 17.5 Å². The third-order valence-corrected chi connectivity index (χ3v) is 7.25. The van der Waals surface area contributed by atoms with Crippen LogP contribution >= 0.6 is 0 Å². The molecule has 1 fully saturated rings. The van der Waals surface area contributed by atoms with Gasteiger partial charge < -0.3 is 15.1 Å². The van der Waals surface area contributed by atoms with E-state index in [1.54, 1.807) is 48.5 Å². The van der Waals surface area contributed by atoms with Gasteiger partial charge in [0.25, 0.3) is 11.8 Å².